The summed E-state index contributed by atoms with van der Waals surface area (Å²) >= 11 is 0. The summed E-state index contributed by atoms with van der Waals surface area (Å²) in [5.74, 6) is 3.57. The van der Waals surface area contributed by atoms with Gasteiger partial charge in [0.05, 0.1) is 17.6 Å². The second-order valence-corrected chi connectivity index (χ2v) is 12.1. The van der Waals surface area contributed by atoms with Crippen LogP contribution in [0.2, 0.25) is 0 Å². The molecule has 6 rings (SSSR count). The molecule has 2 aromatic rings. The van der Waals surface area contributed by atoms with Crippen molar-refractivity contribution < 1.29 is 9.59 Å². The predicted molar refractivity (Wildman–Crippen MR) is 136 cm³/mol. The molecule has 0 unspecified atom stereocenters. The van der Waals surface area contributed by atoms with E-state index >= 15 is 0 Å². The van der Waals surface area contributed by atoms with Crippen LogP contribution in [0.3, 0.4) is 0 Å². The molecule has 6 nitrogen and oxygen atoms in total. The van der Waals surface area contributed by atoms with E-state index in [0.717, 1.165) is 29.7 Å². The van der Waals surface area contributed by atoms with Crippen LogP contribution in [0.15, 0.2) is 36.4 Å². The molecule has 186 valence electrons. The first kappa shape index (κ1) is 22.8. The summed E-state index contributed by atoms with van der Waals surface area (Å²) < 4.78 is 0. The Morgan fingerprint density at radius 2 is 1.97 bits per heavy atom. The van der Waals surface area contributed by atoms with Gasteiger partial charge in [-0.25, -0.2) is 4.98 Å². The van der Waals surface area contributed by atoms with Crippen molar-refractivity contribution in [3.05, 3.63) is 42.2 Å². The number of likely N-dealkylation sites (N-methyl/N-ethyl adjacent to an activating group) is 1. The lowest BCUT2D eigenvalue weighted by molar-refractivity contribution is -0.139. The van der Waals surface area contributed by atoms with E-state index in [9.17, 15) is 9.59 Å². The summed E-state index contributed by atoms with van der Waals surface area (Å²) in [6.07, 6.45) is 11.8. The fourth-order valence-electron chi connectivity index (χ4n) is 8.75. The normalized spacial score (nSPS) is 38.2. The van der Waals surface area contributed by atoms with Gasteiger partial charge in [-0.15, -0.1) is 0 Å². The molecule has 1 aromatic carbocycles. The first-order chi connectivity index (χ1) is 16.8. The van der Waals surface area contributed by atoms with Crippen molar-refractivity contribution in [1.29, 1.82) is 0 Å². The van der Waals surface area contributed by atoms with Crippen molar-refractivity contribution in [2.24, 2.45) is 34.5 Å². The molecule has 7 atom stereocenters. The SMILES string of the molecule is CN1C(=O)C=C[C@]2(C)[C@H]3CC[C@]4(C)[C@@H](CC(=O)NCc5nc6ccccc6[nH]5)CC[C@H]4[C@@H]3CC[C@@H]12. The van der Waals surface area contributed by atoms with E-state index in [1.807, 2.05) is 42.3 Å². The Hall–Kier alpha value is -2.63. The summed E-state index contributed by atoms with van der Waals surface area (Å²) in [6.45, 7) is 5.32. The third kappa shape index (κ3) is 3.54. The molecule has 4 aliphatic rings. The van der Waals surface area contributed by atoms with Gasteiger partial charge in [-0.05, 0) is 85.8 Å². The maximum Gasteiger partial charge on any atom is 0.246 e. The number of hydrogen-bond acceptors (Lipinski definition) is 3. The Morgan fingerprint density at radius 1 is 1.14 bits per heavy atom. The second-order valence-electron chi connectivity index (χ2n) is 12.1. The number of hydrogen-bond donors (Lipinski definition) is 2. The lowest BCUT2D eigenvalue weighted by Crippen LogP contribution is -2.59. The Morgan fingerprint density at radius 3 is 2.80 bits per heavy atom. The highest BCUT2D eigenvalue weighted by Crippen LogP contribution is 2.65. The largest absolute Gasteiger partial charge is 0.349 e. The minimum absolute atomic E-state index is 0.0783. The molecule has 0 spiro atoms. The standard InChI is InChI=1S/C29H38N4O2/c1-28-14-12-21-19(9-11-24-29(21,2)15-13-27(35)33(24)3)20(28)10-8-18(28)16-26(34)30-17-25-31-22-6-4-5-7-23(22)32-25/h4-7,13,15,18-21,24H,8-12,14,16-17H2,1-3H3,(H,30,34)(H,31,32)/t18-,19+,20+,21+,24-,28-,29-/m1/s1. The van der Waals surface area contributed by atoms with Gasteiger partial charge in [0, 0.05) is 24.9 Å². The molecule has 0 radical (unpaired) electrons. The predicted octanol–water partition coefficient (Wildman–Crippen LogP) is 4.82. The van der Waals surface area contributed by atoms with Gasteiger partial charge < -0.3 is 15.2 Å². The van der Waals surface area contributed by atoms with E-state index in [4.69, 9.17) is 0 Å². The third-order valence-corrected chi connectivity index (χ3v) is 10.6. The summed E-state index contributed by atoms with van der Waals surface area (Å²) in [4.78, 5) is 35.2. The van der Waals surface area contributed by atoms with Crippen LogP contribution in [0.5, 0.6) is 0 Å². The first-order valence-corrected chi connectivity index (χ1v) is 13.5. The van der Waals surface area contributed by atoms with Crippen LogP contribution < -0.4 is 5.32 Å². The lowest BCUT2D eigenvalue weighted by atomic mass is 9.47. The quantitative estimate of drug-likeness (QED) is 0.667. The maximum absolute atomic E-state index is 13.0. The van der Waals surface area contributed by atoms with Crippen molar-refractivity contribution in [3.8, 4) is 0 Å². The van der Waals surface area contributed by atoms with Crippen molar-refractivity contribution in [1.82, 2.24) is 20.2 Å². The zero-order valence-electron chi connectivity index (χ0n) is 21.2. The fourth-order valence-corrected chi connectivity index (χ4v) is 8.75. The highest BCUT2D eigenvalue weighted by molar-refractivity contribution is 5.89. The minimum Gasteiger partial charge on any atom is -0.349 e. The molecule has 6 heteroatoms. The van der Waals surface area contributed by atoms with E-state index in [1.165, 1.54) is 25.7 Å². The van der Waals surface area contributed by atoms with Crippen LogP contribution in [-0.2, 0) is 16.1 Å². The van der Waals surface area contributed by atoms with Crippen molar-refractivity contribution >= 4 is 22.8 Å². The van der Waals surface area contributed by atoms with Gasteiger partial charge in [-0.3, -0.25) is 9.59 Å². The van der Waals surface area contributed by atoms with E-state index in [-0.39, 0.29) is 22.6 Å². The van der Waals surface area contributed by atoms with Gasteiger partial charge in [0.2, 0.25) is 11.8 Å². The van der Waals surface area contributed by atoms with Gasteiger partial charge in [-0.1, -0.05) is 32.1 Å². The molecule has 0 bridgehead atoms. The van der Waals surface area contributed by atoms with E-state index in [1.54, 1.807) is 0 Å². The molecule has 3 fully saturated rings. The zero-order valence-corrected chi connectivity index (χ0v) is 21.2. The smallest absolute Gasteiger partial charge is 0.246 e. The molecule has 0 saturated heterocycles. The van der Waals surface area contributed by atoms with E-state index in [0.29, 0.717) is 42.7 Å². The van der Waals surface area contributed by atoms with E-state index in [2.05, 4.69) is 35.2 Å². The molecule has 1 aromatic heterocycles. The number of carbonyl (C=O) groups excluding carboxylic acids is 2. The number of fused-ring (bicyclic) bond motifs is 6. The van der Waals surface area contributed by atoms with Crippen molar-refractivity contribution in [2.45, 2.75) is 71.4 Å². The van der Waals surface area contributed by atoms with Crippen LogP contribution in [0, 0.1) is 34.5 Å². The molecule has 2 N–H and O–H groups in total. The summed E-state index contributed by atoms with van der Waals surface area (Å²) in [7, 11) is 1.98. The number of aromatic amines is 1. The maximum atomic E-state index is 13.0. The number of nitrogens with one attached hydrogen (secondary N) is 2. The van der Waals surface area contributed by atoms with Gasteiger partial charge in [0.1, 0.15) is 5.82 Å². The highest BCUT2D eigenvalue weighted by Gasteiger charge is 2.60. The van der Waals surface area contributed by atoms with Gasteiger partial charge in [0.15, 0.2) is 0 Å². The topological polar surface area (TPSA) is 78.1 Å². The molecule has 1 aliphatic heterocycles. The van der Waals surface area contributed by atoms with Gasteiger partial charge in [0.25, 0.3) is 0 Å². The zero-order chi connectivity index (χ0) is 24.4. The third-order valence-electron chi connectivity index (χ3n) is 10.6. The van der Waals surface area contributed by atoms with Crippen LogP contribution in [0.4, 0.5) is 0 Å². The first-order valence-electron chi connectivity index (χ1n) is 13.5. The molecule has 3 aliphatic carbocycles. The van der Waals surface area contributed by atoms with E-state index < -0.39 is 0 Å². The number of para-hydroxylation sites is 2. The Bertz CT molecular complexity index is 1150. The minimum atomic E-state index is 0.0783. The summed E-state index contributed by atoms with van der Waals surface area (Å²) in [5.41, 5.74) is 2.26. The fraction of sp³-hybridized carbons (Fsp3) is 0.621. The molecule has 35 heavy (non-hydrogen) atoms. The number of amides is 2. The van der Waals surface area contributed by atoms with Crippen LogP contribution >= 0.6 is 0 Å². The van der Waals surface area contributed by atoms with Crippen LogP contribution in [-0.4, -0.2) is 39.8 Å². The van der Waals surface area contributed by atoms with Crippen molar-refractivity contribution in [3.63, 3.8) is 0 Å². The molecular formula is C29H38N4O2. The number of H-pyrrole nitrogens is 1. The molecule has 3 saturated carbocycles. The Labute approximate surface area is 207 Å². The average molecular weight is 475 g/mol. The van der Waals surface area contributed by atoms with Gasteiger partial charge in [-0.2, -0.15) is 0 Å². The Balaban J connectivity index is 1.12. The number of nitrogens with zero attached hydrogens (tertiary/aromatic N) is 2. The van der Waals surface area contributed by atoms with Crippen LogP contribution in [0.25, 0.3) is 11.0 Å². The summed E-state index contributed by atoms with van der Waals surface area (Å²) in [6, 6.07) is 8.29. The molecule has 2 amide bonds. The summed E-state index contributed by atoms with van der Waals surface area (Å²) in [5, 5.41) is 3.13. The van der Waals surface area contributed by atoms with Crippen LogP contribution in [0.1, 0.15) is 64.6 Å². The molecular weight excluding hydrogens is 436 g/mol. The number of rotatable bonds is 4. The number of imidazole rings is 1. The van der Waals surface area contributed by atoms with Crippen molar-refractivity contribution in [2.75, 3.05) is 7.05 Å². The number of benzene rings is 1. The lowest BCUT2D eigenvalue weighted by Gasteiger charge is -2.60. The number of carbonyl (C=O) groups is 2. The van der Waals surface area contributed by atoms with Gasteiger partial charge >= 0.3 is 0 Å². The average Bonchev–Trinajstić information content (AvgIpc) is 3.41. The monoisotopic (exact) mass is 474 g/mol. The highest BCUT2D eigenvalue weighted by atomic mass is 16.2. The number of aromatic nitrogens is 2. The molecule has 2 heterocycles. The Kier molecular flexibility index (Phi) is 5.35. The second kappa shape index (κ2) is 8.21.